The molecule has 0 saturated carbocycles. The van der Waals surface area contributed by atoms with Crippen molar-refractivity contribution in [2.24, 2.45) is 0 Å². The molecule has 1 atom stereocenters. The lowest BCUT2D eigenvalue weighted by Gasteiger charge is -2.11. The summed E-state index contributed by atoms with van der Waals surface area (Å²) in [5, 5.41) is 9.27. The lowest BCUT2D eigenvalue weighted by Crippen LogP contribution is -2.11. The number of carbonyl (C=O) groups excluding carboxylic acids is 2. The molecule has 6 nitrogen and oxygen atoms in total. The summed E-state index contributed by atoms with van der Waals surface area (Å²) in [6.45, 7) is 6.47. The van der Waals surface area contributed by atoms with Crippen LogP contribution in [0.2, 0.25) is 0 Å². The van der Waals surface area contributed by atoms with E-state index in [4.69, 9.17) is 9.47 Å². The molecule has 166 valence electrons. The molecule has 7 heteroatoms. The number of carboxylic acid groups (broad SMARTS) is 1. The molecule has 0 aromatic heterocycles. The third kappa shape index (κ3) is 4.13. The van der Waals surface area contributed by atoms with E-state index in [9.17, 15) is 23.9 Å². The van der Waals surface area contributed by atoms with Crippen molar-refractivity contribution in [1.82, 2.24) is 0 Å². The summed E-state index contributed by atoms with van der Waals surface area (Å²) in [6.07, 6.45) is 0. The first-order valence-electron chi connectivity index (χ1n) is 10.1. The fraction of sp³-hybridized carbons (Fsp3) is 0.115. The second-order valence-electron chi connectivity index (χ2n) is 7.74. The van der Waals surface area contributed by atoms with Gasteiger partial charge in [0.1, 0.15) is 11.5 Å². The van der Waals surface area contributed by atoms with E-state index in [2.05, 4.69) is 6.58 Å². The molecule has 0 aliphatic heterocycles. The highest BCUT2D eigenvalue weighted by Gasteiger charge is 2.27. The molecule has 0 spiro atoms. The molecule has 0 saturated heterocycles. The topological polar surface area (TPSA) is 89.9 Å². The Labute approximate surface area is 188 Å². The van der Waals surface area contributed by atoms with Crippen LogP contribution in [-0.2, 0) is 4.79 Å². The highest BCUT2D eigenvalue weighted by atomic mass is 19.1. The first-order chi connectivity index (χ1) is 15.7. The predicted molar refractivity (Wildman–Crippen MR) is 118 cm³/mol. The Balaban J connectivity index is 1.54. The number of carboxylic acids is 1. The van der Waals surface area contributed by atoms with Crippen LogP contribution in [0.5, 0.6) is 11.5 Å². The quantitative estimate of drug-likeness (QED) is 0.319. The molecule has 0 amide bonds. The monoisotopic (exact) mass is 446 g/mol. The van der Waals surface area contributed by atoms with Gasteiger partial charge >= 0.3 is 17.9 Å². The fourth-order valence-electron chi connectivity index (χ4n) is 3.89. The van der Waals surface area contributed by atoms with E-state index in [1.54, 1.807) is 37.3 Å². The molecule has 1 unspecified atom stereocenters. The van der Waals surface area contributed by atoms with Crippen LogP contribution < -0.4 is 9.47 Å². The maximum atomic E-state index is 12.9. The second-order valence-corrected chi connectivity index (χ2v) is 7.74. The van der Waals surface area contributed by atoms with Gasteiger partial charge in [0.25, 0.3) is 0 Å². The van der Waals surface area contributed by atoms with Crippen LogP contribution in [0.1, 0.15) is 50.2 Å². The first kappa shape index (κ1) is 22.0. The number of ether oxygens (including phenoxy) is 2. The van der Waals surface area contributed by atoms with Gasteiger partial charge in [0.2, 0.25) is 5.83 Å². The molecule has 0 radical (unpaired) electrons. The van der Waals surface area contributed by atoms with Crippen LogP contribution >= 0.6 is 0 Å². The van der Waals surface area contributed by atoms with Crippen LogP contribution in [0.15, 0.2) is 67.0 Å². The van der Waals surface area contributed by atoms with Crippen molar-refractivity contribution < 1.29 is 33.4 Å². The van der Waals surface area contributed by atoms with E-state index in [0.29, 0.717) is 11.3 Å². The Morgan fingerprint density at radius 2 is 1.55 bits per heavy atom. The van der Waals surface area contributed by atoms with E-state index in [-0.39, 0.29) is 22.8 Å². The minimum Gasteiger partial charge on any atom is -0.478 e. The fourth-order valence-corrected chi connectivity index (χ4v) is 3.89. The molecule has 0 heterocycles. The third-order valence-corrected chi connectivity index (χ3v) is 5.59. The summed E-state index contributed by atoms with van der Waals surface area (Å²) in [5.74, 6) is -3.61. The van der Waals surface area contributed by atoms with Crippen LogP contribution in [0.3, 0.4) is 0 Å². The number of hydrogen-bond donors (Lipinski definition) is 1. The van der Waals surface area contributed by atoms with Gasteiger partial charge in [0.05, 0.1) is 11.1 Å². The van der Waals surface area contributed by atoms with Crippen molar-refractivity contribution in [1.29, 1.82) is 0 Å². The van der Waals surface area contributed by atoms with E-state index >= 15 is 0 Å². The molecule has 4 rings (SSSR count). The van der Waals surface area contributed by atoms with Crippen molar-refractivity contribution in [3.63, 3.8) is 0 Å². The smallest absolute Gasteiger partial charge is 0.371 e. The summed E-state index contributed by atoms with van der Waals surface area (Å²) >= 11 is 0. The van der Waals surface area contributed by atoms with Gasteiger partial charge in [0.15, 0.2) is 0 Å². The number of carbonyl (C=O) groups is 3. The Bertz CT molecular complexity index is 1340. The molecule has 1 aliphatic carbocycles. The third-order valence-electron chi connectivity index (χ3n) is 5.59. The molecular formula is C26H19FO6. The molecule has 1 N–H and O–H groups in total. The molecule has 3 aromatic rings. The Kier molecular flexibility index (Phi) is 5.55. The van der Waals surface area contributed by atoms with E-state index in [0.717, 1.165) is 22.3 Å². The van der Waals surface area contributed by atoms with Crippen molar-refractivity contribution in [2.75, 3.05) is 0 Å². The van der Waals surface area contributed by atoms with E-state index in [1.165, 1.54) is 18.2 Å². The highest BCUT2D eigenvalue weighted by molar-refractivity contribution is 5.93. The molecule has 33 heavy (non-hydrogen) atoms. The van der Waals surface area contributed by atoms with Gasteiger partial charge in [-0.3, -0.25) is 0 Å². The number of esters is 2. The highest BCUT2D eigenvalue weighted by Crippen LogP contribution is 2.46. The molecule has 1 aliphatic rings. The number of halogens is 1. The van der Waals surface area contributed by atoms with Gasteiger partial charge in [-0.25, -0.2) is 14.4 Å². The van der Waals surface area contributed by atoms with Gasteiger partial charge in [-0.1, -0.05) is 25.6 Å². The summed E-state index contributed by atoms with van der Waals surface area (Å²) in [6, 6.07) is 14.6. The summed E-state index contributed by atoms with van der Waals surface area (Å²) in [7, 11) is 0. The van der Waals surface area contributed by atoms with Crippen LogP contribution in [0, 0.1) is 6.92 Å². The lowest BCUT2D eigenvalue weighted by atomic mass is 9.98. The normalized spacial score (nSPS) is 13.6. The zero-order valence-corrected chi connectivity index (χ0v) is 17.8. The average Bonchev–Trinajstić information content (AvgIpc) is 3.06. The van der Waals surface area contributed by atoms with Gasteiger partial charge in [-0.15, -0.1) is 0 Å². The van der Waals surface area contributed by atoms with Crippen molar-refractivity contribution in [2.45, 2.75) is 19.8 Å². The number of benzene rings is 3. The summed E-state index contributed by atoms with van der Waals surface area (Å²) < 4.78 is 23.3. The largest absolute Gasteiger partial charge is 0.478 e. The van der Waals surface area contributed by atoms with Crippen molar-refractivity contribution >= 4 is 17.9 Å². The molecule has 0 bridgehead atoms. The number of fused-ring (bicyclic) bond motifs is 3. The molecule has 0 fully saturated rings. The van der Waals surface area contributed by atoms with Gasteiger partial charge < -0.3 is 14.6 Å². The number of rotatable bonds is 5. The number of aromatic carboxylic acids is 1. The zero-order valence-electron chi connectivity index (χ0n) is 17.8. The van der Waals surface area contributed by atoms with E-state index < -0.39 is 23.7 Å². The molecule has 3 aromatic carbocycles. The van der Waals surface area contributed by atoms with Gasteiger partial charge in [-0.05, 0) is 77.2 Å². The van der Waals surface area contributed by atoms with Crippen molar-refractivity contribution in [3.05, 3.63) is 94.8 Å². The predicted octanol–water partition coefficient (Wildman–Crippen LogP) is 5.43. The summed E-state index contributed by atoms with van der Waals surface area (Å²) in [4.78, 5) is 35.3. The Morgan fingerprint density at radius 3 is 2.18 bits per heavy atom. The minimum absolute atomic E-state index is 0.0607. The second kappa shape index (κ2) is 8.35. The zero-order chi connectivity index (χ0) is 23.9. The number of hydrogen-bond acceptors (Lipinski definition) is 5. The standard InChI is InChI=1S/C26H19FO6/c1-13-10-17(5-9-23(13)33-25(30)15(3)27)26(31)32-18-6-8-20-19-7-4-16(24(28)29)11-21(19)14(2)22(20)12-18/h4-12,14H,3H2,1-2H3,(H,28,29). The molecular weight excluding hydrogens is 427 g/mol. The van der Waals surface area contributed by atoms with Crippen molar-refractivity contribution in [3.8, 4) is 22.6 Å². The average molecular weight is 446 g/mol. The van der Waals surface area contributed by atoms with E-state index in [1.807, 2.05) is 13.0 Å². The maximum Gasteiger partial charge on any atom is 0.371 e. The Morgan fingerprint density at radius 1 is 0.909 bits per heavy atom. The maximum absolute atomic E-state index is 12.9. The lowest BCUT2D eigenvalue weighted by molar-refractivity contribution is -0.131. The SMILES string of the molecule is C=C(F)C(=O)Oc1ccc(C(=O)Oc2ccc3c(c2)C(C)c2cc(C(=O)O)ccc2-3)cc1C. The first-order valence-corrected chi connectivity index (χ1v) is 10.1. The number of aryl methyl sites for hydroxylation is 1. The Hall–Kier alpha value is -4.26. The van der Waals surface area contributed by atoms with Gasteiger partial charge in [-0.2, -0.15) is 4.39 Å². The van der Waals surface area contributed by atoms with Crippen LogP contribution in [0.4, 0.5) is 4.39 Å². The minimum atomic E-state index is -1.22. The van der Waals surface area contributed by atoms with Gasteiger partial charge in [0, 0.05) is 5.92 Å². The summed E-state index contributed by atoms with van der Waals surface area (Å²) in [5.41, 5.74) is 4.66. The van der Waals surface area contributed by atoms with Crippen LogP contribution in [-0.4, -0.2) is 23.0 Å². The van der Waals surface area contributed by atoms with Crippen LogP contribution in [0.25, 0.3) is 11.1 Å².